The summed E-state index contributed by atoms with van der Waals surface area (Å²) in [6.45, 7) is 4.16. The Morgan fingerprint density at radius 2 is 2.05 bits per heavy atom. The molecule has 2 aromatic rings. The van der Waals surface area contributed by atoms with Crippen LogP contribution in [0.4, 0.5) is 0 Å². The highest BCUT2D eigenvalue weighted by molar-refractivity contribution is 7.91. The lowest BCUT2D eigenvalue weighted by molar-refractivity contribution is 0.568. The van der Waals surface area contributed by atoms with Crippen LogP contribution in [0.25, 0.3) is 0 Å². The molecule has 20 heavy (non-hydrogen) atoms. The van der Waals surface area contributed by atoms with E-state index in [0.717, 1.165) is 16.7 Å². The van der Waals surface area contributed by atoms with Crippen molar-refractivity contribution in [2.75, 3.05) is 0 Å². The Bertz CT molecular complexity index is 693. The molecule has 0 aliphatic rings. The van der Waals surface area contributed by atoms with Crippen molar-refractivity contribution in [2.24, 2.45) is 5.73 Å². The second-order valence-electron chi connectivity index (χ2n) is 4.68. The molecule has 0 bridgehead atoms. The summed E-state index contributed by atoms with van der Waals surface area (Å²) in [6.07, 6.45) is 0. The molecule has 6 heteroatoms. The highest BCUT2D eigenvalue weighted by atomic mass is 32.2. The van der Waals surface area contributed by atoms with Gasteiger partial charge < -0.3 is 5.73 Å². The van der Waals surface area contributed by atoms with Gasteiger partial charge in [-0.15, -0.1) is 11.3 Å². The van der Waals surface area contributed by atoms with Crippen molar-refractivity contribution in [3.63, 3.8) is 0 Å². The number of nitrogens with one attached hydrogen (secondary N) is 1. The second-order valence-corrected chi connectivity index (χ2v) is 7.53. The molecule has 0 saturated carbocycles. The van der Waals surface area contributed by atoms with Crippen LogP contribution in [0.1, 0.15) is 29.7 Å². The zero-order valence-electron chi connectivity index (χ0n) is 11.5. The molecule has 3 N–H and O–H groups in total. The molecule has 0 aliphatic heterocycles. The maximum Gasteiger partial charge on any atom is 0.250 e. The maximum atomic E-state index is 12.3. The van der Waals surface area contributed by atoms with Gasteiger partial charge in [-0.3, -0.25) is 0 Å². The summed E-state index contributed by atoms with van der Waals surface area (Å²) >= 11 is 1.19. The van der Waals surface area contributed by atoms with Gasteiger partial charge in [0.1, 0.15) is 4.21 Å². The molecule has 1 unspecified atom stereocenters. The minimum Gasteiger partial charge on any atom is -0.326 e. The molecule has 108 valence electrons. The fourth-order valence-corrected chi connectivity index (χ4v) is 4.49. The Kier molecular flexibility index (Phi) is 4.59. The van der Waals surface area contributed by atoms with E-state index in [4.69, 9.17) is 5.73 Å². The molecule has 4 nitrogen and oxygen atoms in total. The van der Waals surface area contributed by atoms with Gasteiger partial charge in [-0.1, -0.05) is 24.3 Å². The molecule has 1 heterocycles. The van der Waals surface area contributed by atoms with E-state index in [0.29, 0.717) is 10.8 Å². The third-order valence-corrected chi connectivity index (χ3v) is 6.15. The number of sulfonamides is 1. The van der Waals surface area contributed by atoms with E-state index >= 15 is 0 Å². The first-order valence-corrected chi connectivity index (χ1v) is 8.65. The summed E-state index contributed by atoms with van der Waals surface area (Å²) in [5, 5.41) is 1.77. The molecule has 1 atom stereocenters. The number of benzene rings is 1. The third-order valence-electron chi connectivity index (χ3n) is 3.12. The highest BCUT2D eigenvalue weighted by Crippen LogP contribution is 2.23. The van der Waals surface area contributed by atoms with Crippen molar-refractivity contribution in [1.29, 1.82) is 0 Å². The first kappa shape index (κ1) is 15.2. The molecule has 0 spiro atoms. The van der Waals surface area contributed by atoms with Crippen LogP contribution in [0.3, 0.4) is 0 Å². The molecule has 1 aromatic heterocycles. The molecule has 0 aliphatic carbocycles. The molecule has 0 amide bonds. The van der Waals surface area contributed by atoms with Gasteiger partial charge in [0.15, 0.2) is 0 Å². The monoisotopic (exact) mass is 310 g/mol. The van der Waals surface area contributed by atoms with Crippen molar-refractivity contribution in [3.05, 3.63) is 52.4 Å². The predicted molar refractivity (Wildman–Crippen MR) is 82.1 cm³/mol. The number of aryl methyl sites for hydroxylation is 1. The smallest absolute Gasteiger partial charge is 0.250 e. The first-order chi connectivity index (χ1) is 9.44. The van der Waals surface area contributed by atoms with Crippen molar-refractivity contribution in [3.8, 4) is 0 Å². The van der Waals surface area contributed by atoms with Crippen LogP contribution in [-0.2, 0) is 16.6 Å². The summed E-state index contributed by atoms with van der Waals surface area (Å²) in [7, 11) is -3.50. The summed E-state index contributed by atoms with van der Waals surface area (Å²) in [5.41, 5.74) is 8.39. The Morgan fingerprint density at radius 3 is 2.65 bits per heavy atom. The quantitative estimate of drug-likeness (QED) is 0.891. The van der Waals surface area contributed by atoms with Crippen LogP contribution >= 0.6 is 11.3 Å². The van der Waals surface area contributed by atoms with E-state index in [1.165, 1.54) is 11.3 Å². The zero-order chi connectivity index (χ0) is 14.8. The van der Waals surface area contributed by atoms with Crippen LogP contribution in [0.15, 0.2) is 39.9 Å². The fraction of sp³-hybridized carbons (Fsp3) is 0.286. The number of thiophene rings is 1. The minimum atomic E-state index is -3.50. The lowest BCUT2D eigenvalue weighted by Crippen LogP contribution is -2.26. The largest absolute Gasteiger partial charge is 0.326 e. The van der Waals surface area contributed by atoms with Crippen LogP contribution < -0.4 is 10.5 Å². The van der Waals surface area contributed by atoms with Crippen molar-refractivity contribution >= 4 is 21.4 Å². The van der Waals surface area contributed by atoms with E-state index in [9.17, 15) is 8.42 Å². The van der Waals surface area contributed by atoms with Crippen molar-refractivity contribution < 1.29 is 8.42 Å². The van der Waals surface area contributed by atoms with E-state index < -0.39 is 10.0 Å². The Labute approximate surface area is 123 Å². The molecule has 0 saturated heterocycles. The first-order valence-electron chi connectivity index (χ1n) is 6.29. The number of nitrogens with two attached hydrogens (primary N) is 1. The zero-order valence-corrected chi connectivity index (χ0v) is 13.1. The highest BCUT2D eigenvalue weighted by Gasteiger charge is 2.20. The van der Waals surface area contributed by atoms with Gasteiger partial charge in [0.05, 0.1) is 0 Å². The van der Waals surface area contributed by atoms with E-state index in [2.05, 4.69) is 4.72 Å². The van der Waals surface area contributed by atoms with Gasteiger partial charge in [0.25, 0.3) is 10.0 Å². The van der Waals surface area contributed by atoms with Gasteiger partial charge >= 0.3 is 0 Å². The van der Waals surface area contributed by atoms with E-state index in [1.807, 2.05) is 38.1 Å². The van der Waals surface area contributed by atoms with E-state index in [1.54, 1.807) is 11.4 Å². The summed E-state index contributed by atoms with van der Waals surface area (Å²) in [5.74, 6) is 0. The SMILES string of the molecule is Cc1ccccc1C(C)NS(=O)(=O)c1cc(CN)cs1. The molecule has 1 aromatic carbocycles. The second kappa shape index (κ2) is 6.05. The standard InChI is InChI=1S/C14H18N2O2S2/c1-10-5-3-4-6-13(10)11(2)16-20(17,18)14-7-12(8-15)9-19-14/h3-7,9,11,16H,8,15H2,1-2H3. The summed E-state index contributed by atoms with van der Waals surface area (Å²) in [6, 6.07) is 9.10. The van der Waals surface area contributed by atoms with Crippen LogP contribution in [-0.4, -0.2) is 8.42 Å². The number of hydrogen-bond donors (Lipinski definition) is 2. The van der Waals surface area contributed by atoms with Crippen molar-refractivity contribution in [2.45, 2.75) is 30.6 Å². The summed E-state index contributed by atoms with van der Waals surface area (Å²) < 4.78 is 27.6. The molecule has 2 rings (SSSR count). The van der Waals surface area contributed by atoms with Gasteiger partial charge in [-0.2, -0.15) is 0 Å². The van der Waals surface area contributed by atoms with Crippen molar-refractivity contribution in [1.82, 2.24) is 4.72 Å². The number of hydrogen-bond acceptors (Lipinski definition) is 4. The minimum absolute atomic E-state index is 0.273. The lowest BCUT2D eigenvalue weighted by Gasteiger charge is -2.16. The van der Waals surface area contributed by atoms with Gasteiger partial charge in [0.2, 0.25) is 0 Å². The number of rotatable bonds is 5. The Balaban J connectivity index is 2.22. The topological polar surface area (TPSA) is 72.2 Å². The molecular weight excluding hydrogens is 292 g/mol. The van der Waals surface area contributed by atoms with Crippen LogP contribution in [0.5, 0.6) is 0 Å². The summed E-state index contributed by atoms with van der Waals surface area (Å²) in [4.78, 5) is 0. The van der Waals surface area contributed by atoms with E-state index in [-0.39, 0.29) is 6.04 Å². The maximum absolute atomic E-state index is 12.3. The predicted octanol–water partition coefficient (Wildman–Crippen LogP) is 2.55. The molecule has 0 radical (unpaired) electrons. The van der Waals surface area contributed by atoms with Gasteiger partial charge in [-0.05, 0) is 42.0 Å². The average Bonchev–Trinajstić information content (AvgIpc) is 2.88. The van der Waals surface area contributed by atoms with Gasteiger partial charge in [-0.25, -0.2) is 13.1 Å². The Morgan fingerprint density at radius 1 is 1.35 bits per heavy atom. The lowest BCUT2D eigenvalue weighted by atomic mass is 10.0. The third kappa shape index (κ3) is 3.27. The van der Waals surface area contributed by atoms with Crippen LogP contribution in [0, 0.1) is 6.92 Å². The molecular formula is C14H18N2O2S2. The Hall–Kier alpha value is -1.21. The normalized spacial score (nSPS) is 13.3. The fourth-order valence-electron chi connectivity index (χ4n) is 2.03. The molecule has 0 fully saturated rings. The average molecular weight is 310 g/mol. The van der Waals surface area contributed by atoms with Gasteiger partial charge in [0, 0.05) is 12.6 Å². The van der Waals surface area contributed by atoms with Crippen LogP contribution in [0.2, 0.25) is 0 Å².